The van der Waals surface area contributed by atoms with E-state index in [0.717, 1.165) is 15.3 Å². The number of methoxy groups -OCH3 is 2. The van der Waals surface area contributed by atoms with Crippen LogP contribution in [0.25, 0.3) is 10.1 Å². The number of likely N-dealkylation sites (tertiary alicyclic amines) is 1. The smallest absolute Gasteiger partial charge is 0.410 e. The lowest BCUT2D eigenvalue weighted by Crippen LogP contribution is -2.60. The SMILES string of the molecule is CCC(C)[C@@H]([C@@H](CC(=O)N1CCC[C@H]1[C@H](OC)[C@@H](C)C(=O)NC(Cc1ccccc1)C(=O)O)OC)N(C)C(=O)[C@@H](NC(=O)[C@H](C(C)C)N(C)C(=O)OCc1ccc(O[C@H]2C[C@@H](O)C[C@@H](C(=O)O)O2)c2cc(CCC(=O)NCCOCCOCCOCCn3cc(COCCOCCOCCOCCN4C(=O)C=CC4=O)nn3)sc12)C(C)C. The van der Waals surface area contributed by atoms with Gasteiger partial charge in [-0.3, -0.25) is 43.4 Å². The lowest BCUT2D eigenvalue weighted by atomic mass is 9.89. The van der Waals surface area contributed by atoms with E-state index in [1.807, 2.05) is 26.0 Å². The van der Waals surface area contributed by atoms with Gasteiger partial charge in [-0.15, -0.1) is 16.4 Å². The molecule has 35 nitrogen and oxygen atoms in total. The predicted octanol–water partition coefficient (Wildman–Crippen LogP) is 4.58. The van der Waals surface area contributed by atoms with Crippen molar-refractivity contribution in [3.8, 4) is 5.75 Å². The minimum atomic E-state index is -1.31. The van der Waals surface area contributed by atoms with Crippen molar-refractivity contribution < 1.29 is 120 Å². The molecule has 0 saturated carbocycles. The van der Waals surface area contributed by atoms with E-state index in [9.17, 15) is 63.3 Å². The number of benzene rings is 2. The third kappa shape index (κ3) is 30.0. The highest BCUT2D eigenvalue weighted by molar-refractivity contribution is 7.19. The molecule has 36 heteroatoms. The summed E-state index contributed by atoms with van der Waals surface area (Å²) < 4.78 is 71.3. The molecule has 117 heavy (non-hydrogen) atoms. The van der Waals surface area contributed by atoms with Crippen LogP contribution in [0.15, 0.2) is 66.9 Å². The van der Waals surface area contributed by atoms with E-state index in [2.05, 4.69) is 26.3 Å². The Kier molecular flexibility index (Phi) is 40.5. The fourth-order valence-corrected chi connectivity index (χ4v) is 15.3. The van der Waals surface area contributed by atoms with Gasteiger partial charge in [-0.1, -0.05) is 96.5 Å². The van der Waals surface area contributed by atoms with E-state index >= 15 is 0 Å². The van der Waals surface area contributed by atoms with Crippen LogP contribution < -0.4 is 20.7 Å². The molecule has 3 aliphatic rings. The van der Waals surface area contributed by atoms with Gasteiger partial charge in [0.25, 0.3) is 11.8 Å². The summed E-state index contributed by atoms with van der Waals surface area (Å²) >= 11 is 1.33. The molecular formula is C81H120N10O25S. The van der Waals surface area contributed by atoms with Crippen LogP contribution in [0.3, 0.4) is 0 Å². The monoisotopic (exact) mass is 1660 g/mol. The zero-order chi connectivity index (χ0) is 85.1. The minimum Gasteiger partial charge on any atom is -0.480 e. The summed E-state index contributed by atoms with van der Waals surface area (Å²) in [7, 11) is 5.98. The Balaban J connectivity index is 0.843. The second kappa shape index (κ2) is 49.7. The molecule has 12 atom stereocenters. The second-order valence-electron chi connectivity index (χ2n) is 29.8. The van der Waals surface area contributed by atoms with Gasteiger partial charge >= 0.3 is 18.0 Å². The van der Waals surface area contributed by atoms with Crippen LogP contribution >= 0.6 is 11.3 Å². The first-order valence-corrected chi connectivity index (χ1v) is 40.9. The minimum absolute atomic E-state index is 0.00698. The van der Waals surface area contributed by atoms with E-state index in [1.165, 1.54) is 54.6 Å². The lowest BCUT2D eigenvalue weighted by Gasteiger charge is -2.41. The highest BCUT2D eigenvalue weighted by Gasteiger charge is 2.45. The maximum absolute atomic E-state index is 15.0. The maximum Gasteiger partial charge on any atom is 0.410 e. The van der Waals surface area contributed by atoms with Crippen molar-refractivity contribution in [1.82, 2.24) is 50.5 Å². The zero-order valence-electron chi connectivity index (χ0n) is 69.1. The average Bonchev–Trinajstić information content (AvgIpc) is 1.69. The normalized spacial score (nSPS) is 18.3. The van der Waals surface area contributed by atoms with E-state index < -0.39 is 114 Å². The number of aliphatic hydroxyl groups excluding tert-OH is 1. The number of carboxylic acid groups (broad SMARTS) is 2. The Morgan fingerprint density at radius 2 is 1.36 bits per heavy atom. The zero-order valence-corrected chi connectivity index (χ0v) is 69.9. The molecule has 2 aromatic carbocycles. The van der Waals surface area contributed by atoms with Crippen molar-refractivity contribution in [2.45, 2.75) is 187 Å². The number of aliphatic hydroxyl groups is 1. The molecule has 7 rings (SSSR count). The highest BCUT2D eigenvalue weighted by Crippen LogP contribution is 2.39. The average molecular weight is 1670 g/mol. The molecule has 5 heterocycles. The number of likely N-dealkylation sites (N-methyl/N-ethyl adjacent to an activating group) is 2. The van der Waals surface area contributed by atoms with Crippen LogP contribution in [0.1, 0.15) is 115 Å². The van der Waals surface area contributed by atoms with E-state index in [0.29, 0.717) is 132 Å². The summed E-state index contributed by atoms with van der Waals surface area (Å²) in [5.41, 5.74) is 1.94. The molecule has 8 amide bonds. The van der Waals surface area contributed by atoms with Crippen LogP contribution in [0.4, 0.5) is 4.79 Å². The number of aliphatic carboxylic acids is 2. The molecule has 650 valence electrons. The van der Waals surface area contributed by atoms with Crippen LogP contribution in [-0.4, -0.2) is 304 Å². The fraction of sp³-hybridized carbons (Fsp3) is 0.654. The molecule has 2 saturated heterocycles. The third-order valence-electron chi connectivity index (χ3n) is 20.6. The van der Waals surface area contributed by atoms with Gasteiger partial charge in [-0.2, -0.15) is 0 Å². The van der Waals surface area contributed by atoms with Crippen LogP contribution in [0.5, 0.6) is 5.75 Å². The van der Waals surface area contributed by atoms with Crippen molar-refractivity contribution in [3.63, 3.8) is 0 Å². The molecule has 2 aromatic heterocycles. The van der Waals surface area contributed by atoms with Crippen LogP contribution in [0.2, 0.25) is 0 Å². The number of hydrogen-bond acceptors (Lipinski definition) is 26. The first-order chi connectivity index (χ1) is 56.1. The van der Waals surface area contributed by atoms with Gasteiger partial charge in [0.2, 0.25) is 35.8 Å². The molecule has 0 aliphatic carbocycles. The summed E-state index contributed by atoms with van der Waals surface area (Å²) in [6.07, 6.45) is 0.251. The van der Waals surface area contributed by atoms with Crippen LogP contribution in [-0.2, 0) is 128 Å². The van der Waals surface area contributed by atoms with Crippen LogP contribution in [0, 0.1) is 23.7 Å². The Morgan fingerprint density at radius 1 is 0.726 bits per heavy atom. The van der Waals surface area contributed by atoms with Crippen molar-refractivity contribution in [2.24, 2.45) is 23.7 Å². The lowest BCUT2D eigenvalue weighted by molar-refractivity contribution is -0.195. The Bertz CT molecular complexity index is 3830. The number of nitrogens with one attached hydrogen (secondary N) is 3. The van der Waals surface area contributed by atoms with Crippen molar-refractivity contribution in [2.75, 3.05) is 134 Å². The van der Waals surface area contributed by atoms with Gasteiger partial charge in [-0.05, 0) is 54.7 Å². The molecular weight excluding hydrogens is 1550 g/mol. The quantitative estimate of drug-likeness (QED) is 0.0260. The van der Waals surface area contributed by atoms with Crippen molar-refractivity contribution >= 4 is 80.8 Å². The van der Waals surface area contributed by atoms with E-state index in [1.54, 1.807) is 93.8 Å². The standard InChI is InChI=1S/C81H120N10O25S/c1-12-53(6)73(64(105-10)47-69(96)90-27-16-19-62(90)74(106-11)54(7)76(97)83-61(79(100)101)43-55-17-14-13-15-18-55)87(8)78(99)71(51(2)3)84-77(98)72(52(4)5)88(9)81(104)114-49-56-20-22-63(115-70-45-58(92)44-65(116-70)80(102)103)60-46-59(117-75(56)60)21-23-66(93)82-26-30-107-33-36-110-37-34-108-31-28-89-48-57(85-86-89)50-113-42-41-112-40-39-111-38-35-109-32-29-91-67(94)24-25-68(91)95/h13-15,17-18,20,22,24-25,46,48,51-54,58,61-62,64-65,70-74,92H,12,16,19,21,23,26-45,47,49-50H2,1-11H3,(H,82,93)(H,83,97)(H,84,98)(H,100,101)(H,102,103)/t53?,54-,58+,61?,62+,64-,65+,70-,71+,72+,73+,74-/m1/s1. The highest BCUT2D eigenvalue weighted by atomic mass is 32.1. The third-order valence-corrected chi connectivity index (χ3v) is 21.9. The molecule has 0 radical (unpaired) electrons. The number of aromatic nitrogens is 3. The number of hydrogen-bond donors (Lipinski definition) is 6. The summed E-state index contributed by atoms with van der Waals surface area (Å²) in [6, 6.07) is 9.44. The molecule has 3 aliphatic heterocycles. The number of carbonyl (C=O) groups excluding carboxylic acids is 8. The van der Waals surface area contributed by atoms with Gasteiger partial charge in [0, 0.05) is 99.8 Å². The summed E-state index contributed by atoms with van der Waals surface area (Å²) in [5, 5.41) is 47.7. The van der Waals surface area contributed by atoms with E-state index in [4.69, 9.17) is 56.8 Å². The number of nitrogens with zero attached hydrogens (tertiary/aromatic N) is 7. The van der Waals surface area contributed by atoms with Crippen molar-refractivity contribution in [3.05, 3.63) is 88.6 Å². The number of fused-ring (bicyclic) bond motifs is 1. The number of ether oxygens (including phenoxy) is 12. The van der Waals surface area contributed by atoms with Gasteiger partial charge < -0.3 is 97.9 Å². The van der Waals surface area contributed by atoms with Gasteiger partial charge in [-0.25, -0.2) is 19.1 Å². The van der Waals surface area contributed by atoms with Crippen molar-refractivity contribution in [1.29, 1.82) is 0 Å². The summed E-state index contributed by atoms with van der Waals surface area (Å²) in [5.74, 6) is -6.98. The molecule has 2 unspecified atom stereocenters. The maximum atomic E-state index is 15.0. The van der Waals surface area contributed by atoms with Gasteiger partial charge in [0.15, 0.2) is 6.10 Å². The Hall–Kier alpha value is -8.66. The van der Waals surface area contributed by atoms with E-state index in [-0.39, 0.29) is 108 Å². The molecule has 6 N–H and O–H groups in total. The molecule has 2 fully saturated rings. The number of carbonyl (C=O) groups is 10. The topological polar surface area (TPSA) is 422 Å². The first kappa shape index (κ1) is 95.5. The summed E-state index contributed by atoms with van der Waals surface area (Å²) in [6.45, 7) is 18.2. The number of aryl methyl sites for hydroxylation is 1. The Morgan fingerprint density at radius 3 is 1.97 bits per heavy atom. The molecule has 4 aromatic rings. The molecule has 0 bridgehead atoms. The van der Waals surface area contributed by atoms with Gasteiger partial charge in [0.05, 0.1) is 155 Å². The first-order valence-electron chi connectivity index (χ1n) is 40.0. The largest absolute Gasteiger partial charge is 0.480 e. The number of carboxylic acids is 2. The Labute approximate surface area is 687 Å². The number of imide groups is 1. The number of thiophene rings is 1. The number of amides is 8. The fourth-order valence-electron chi connectivity index (χ4n) is 14.1. The second-order valence-corrected chi connectivity index (χ2v) is 30.9. The molecule has 0 spiro atoms. The summed E-state index contributed by atoms with van der Waals surface area (Å²) in [4.78, 5) is 139. The number of rotatable bonds is 55. The van der Waals surface area contributed by atoms with Gasteiger partial charge in [0.1, 0.15) is 36.2 Å². The predicted molar refractivity (Wildman–Crippen MR) is 425 cm³/mol.